The Kier molecular flexibility index (Phi) is 7.50. The second kappa shape index (κ2) is 9.71. The van der Waals surface area contributed by atoms with E-state index in [1.165, 1.54) is 36.4 Å². The molecule has 3 N–H and O–H groups in total. The monoisotopic (exact) mass is 452 g/mol. The number of alkyl halides is 3. The molecule has 7 nitrogen and oxygen atoms in total. The van der Waals surface area contributed by atoms with Crippen LogP contribution in [0.15, 0.2) is 48.5 Å². The minimum atomic E-state index is -4.43. The van der Waals surface area contributed by atoms with Crippen molar-refractivity contribution in [1.29, 1.82) is 0 Å². The minimum absolute atomic E-state index is 0.143. The summed E-state index contributed by atoms with van der Waals surface area (Å²) < 4.78 is 43.1. The van der Waals surface area contributed by atoms with E-state index in [4.69, 9.17) is 4.74 Å². The van der Waals surface area contributed by atoms with Crippen molar-refractivity contribution in [2.75, 3.05) is 6.54 Å². The standard InChI is InChI=1S/C22H23F3N2O5/c1-21(2,3)32-20(31)26-12-17(19(29)30)27-18(28)15-6-4-13(5-7-15)14-8-10-16(11-9-14)22(23,24)25/h4-11,17H,12H2,1-3H3,(H,26,31)(H,27,28)(H,29,30). The molecular formula is C22H23F3N2O5. The summed E-state index contributed by atoms with van der Waals surface area (Å²) in [5.41, 5.74) is -0.284. The molecule has 172 valence electrons. The number of halogens is 3. The molecular weight excluding hydrogens is 429 g/mol. The van der Waals surface area contributed by atoms with Crippen LogP contribution >= 0.6 is 0 Å². The highest BCUT2D eigenvalue weighted by molar-refractivity contribution is 5.97. The van der Waals surface area contributed by atoms with Crippen molar-refractivity contribution in [3.05, 3.63) is 59.7 Å². The Labute approximate surface area is 182 Å². The fourth-order valence-corrected chi connectivity index (χ4v) is 2.61. The van der Waals surface area contributed by atoms with Gasteiger partial charge in [0.25, 0.3) is 5.91 Å². The number of ether oxygens (including phenoxy) is 1. The number of amides is 2. The summed E-state index contributed by atoms with van der Waals surface area (Å²) in [5, 5.41) is 13.9. The van der Waals surface area contributed by atoms with Crippen LogP contribution in [0, 0.1) is 0 Å². The molecule has 0 aromatic heterocycles. The lowest BCUT2D eigenvalue weighted by Crippen LogP contribution is -2.49. The van der Waals surface area contributed by atoms with Crippen molar-refractivity contribution in [3.63, 3.8) is 0 Å². The molecule has 0 aliphatic rings. The molecule has 0 fully saturated rings. The Morgan fingerprint density at radius 2 is 1.44 bits per heavy atom. The average molecular weight is 452 g/mol. The fraction of sp³-hybridized carbons (Fsp3) is 0.318. The van der Waals surface area contributed by atoms with Gasteiger partial charge in [0.2, 0.25) is 0 Å². The maximum Gasteiger partial charge on any atom is 0.416 e. The Balaban J connectivity index is 2.02. The van der Waals surface area contributed by atoms with E-state index >= 15 is 0 Å². The Bertz CT molecular complexity index is 965. The van der Waals surface area contributed by atoms with Gasteiger partial charge in [-0.25, -0.2) is 9.59 Å². The summed E-state index contributed by atoms with van der Waals surface area (Å²) in [7, 11) is 0. The van der Waals surface area contributed by atoms with Gasteiger partial charge in [-0.3, -0.25) is 4.79 Å². The van der Waals surface area contributed by atoms with E-state index in [0.29, 0.717) is 11.1 Å². The number of rotatable bonds is 6. The highest BCUT2D eigenvalue weighted by Crippen LogP contribution is 2.31. The van der Waals surface area contributed by atoms with Gasteiger partial charge in [-0.05, 0) is 56.2 Å². The molecule has 0 radical (unpaired) electrons. The summed E-state index contributed by atoms with van der Waals surface area (Å²) >= 11 is 0. The number of benzene rings is 2. The van der Waals surface area contributed by atoms with Gasteiger partial charge in [-0.15, -0.1) is 0 Å². The maximum atomic E-state index is 12.7. The highest BCUT2D eigenvalue weighted by Gasteiger charge is 2.30. The van der Waals surface area contributed by atoms with Gasteiger partial charge in [0.05, 0.1) is 12.1 Å². The van der Waals surface area contributed by atoms with Gasteiger partial charge in [-0.2, -0.15) is 13.2 Å². The van der Waals surface area contributed by atoms with Gasteiger partial charge in [0, 0.05) is 5.56 Å². The Morgan fingerprint density at radius 1 is 0.938 bits per heavy atom. The van der Waals surface area contributed by atoms with E-state index in [2.05, 4.69) is 10.6 Å². The summed E-state index contributed by atoms with van der Waals surface area (Å²) in [6.45, 7) is 4.56. The first kappa shape index (κ1) is 24.7. The summed E-state index contributed by atoms with van der Waals surface area (Å²) in [5.74, 6) is -2.04. The zero-order valence-corrected chi connectivity index (χ0v) is 17.6. The van der Waals surface area contributed by atoms with Crippen LogP contribution in [0.5, 0.6) is 0 Å². The number of alkyl carbamates (subject to hydrolysis) is 1. The first-order chi connectivity index (χ1) is 14.8. The molecule has 0 bridgehead atoms. The second-order valence-corrected chi connectivity index (χ2v) is 7.90. The molecule has 0 saturated heterocycles. The third-order valence-electron chi connectivity index (χ3n) is 4.15. The van der Waals surface area contributed by atoms with Crippen LogP contribution in [0.2, 0.25) is 0 Å². The molecule has 0 saturated carbocycles. The zero-order valence-electron chi connectivity index (χ0n) is 17.6. The molecule has 32 heavy (non-hydrogen) atoms. The zero-order chi connectivity index (χ0) is 24.1. The van der Waals surface area contributed by atoms with Crippen LogP contribution < -0.4 is 10.6 Å². The molecule has 1 atom stereocenters. The number of carboxylic acids is 1. The molecule has 0 aliphatic carbocycles. The predicted molar refractivity (Wildman–Crippen MR) is 110 cm³/mol. The molecule has 2 aromatic rings. The predicted octanol–water partition coefficient (Wildman–Crippen LogP) is 4.08. The number of nitrogens with one attached hydrogen (secondary N) is 2. The summed E-state index contributed by atoms with van der Waals surface area (Å²) in [4.78, 5) is 35.5. The number of carbonyl (C=O) groups is 3. The fourth-order valence-electron chi connectivity index (χ4n) is 2.61. The van der Waals surface area contributed by atoms with Gasteiger partial charge in [0.1, 0.15) is 11.6 Å². The maximum absolute atomic E-state index is 12.7. The average Bonchev–Trinajstić information content (AvgIpc) is 2.69. The normalized spacial score (nSPS) is 12.6. The lowest BCUT2D eigenvalue weighted by Gasteiger charge is -2.21. The van der Waals surface area contributed by atoms with Crippen molar-refractivity contribution in [3.8, 4) is 11.1 Å². The molecule has 0 spiro atoms. The van der Waals surface area contributed by atoms with E-state index in [0.717, 1.165) is 12.1 Å². The largest absolute Gasteiger partial charge is 0.480 e. The molecule has 0 heterocycles. The van der Waals surface area contributed by atoms with Crippen LogP contribution in [-0.4, -0.2) is 41.3 Å². The van der Waals surface area contributed by atoms with E-state index in [9.17, 15) is 32.7 Å². The number of carboxylic acid groups (broad SMARTS) is 1. The number of carbonyl (C=O) groups excluding carboxylic acids is 2. The highest BCUT2D eigenvalue weighted by atomic mass is 19.4. The first-order valence-corrected chi connectivity index (χ1v) is 9.54. The Morgan fingerprint density at radius 3 is 1.88 bits per heavy atom. The first-order valence-electron chi connectivity index (χ1n) is 9.54. The van der Waals surface area contributed by atoms with Crippen molar-refractivity contribution >= 4 is 18.0 Å². The SMILES string of the molecule is CC(C)(C)OC(=O)NCC(NC(=O)c1ccc(-c2ccc(C(F)(F)F)cc2)cc1)C(=O)O. The van der Waals surface area contributed by atoms with Crippen molar-refractivity contribution in [2.24, 2.45) is 0 Å². The topological polar surface area (TPSA) is 105 Å². The summed E-state index contributed by atoms with van der Waals surface area (Å²) in [6.07, 6.45) is -5.25. The molecule has 2 amide bonds. The molecule has 2 rings (SSSR count). The van der Waals surface area contributed by atoms with E-state index in [-0.39, 0.29) is 12.1 Å². The second-order valence-electron chi connectivity index (χ2n) is 7.90. The lowest BCUT2D eigenvalue weighted by atomic mass is 10.0. The molecule has 0 aliphatic heterocycles. The number of hydrogen-bond donors (Lipinski definition) is 3. The summed E-state index contributed by atoms with van der Waals surface area (Å²) in [6, 6.07) is 9.07. The van der Waals surface area contributed by atoms with Gasteiger partial charge in [-0.1, -0.05) is 24.3 Å². The van der Waals surface area contributed by atoms with Crippen LogP contribution in [0.3, 0.4) is 0 Å². The van der Waals surface area contributed by atoms with E-state index in [1.807, 2.05) is 0 Å². The molecule has 2 aromatic carbocycles. The molecule has 10 heteroatoms. The van der Waals surface area contributed by atoms with Crippen molar-refractivity contribution in [2.45, 2.75) is 38.6 Å². The van der Waals surface area contributed by atoms with Gasteiger partial charge >= 0.3 is 18.2 Å². The van der Waals surface area contributed by atoms with Gasteiger partial charge < -0.3 is 20.5 Å². The van der Waals surface area contributed by atoms with Crippen LogP contribution in [0.1, 0.15) is 36.7 Å². The van der Waals surface area contributed by atoms with Crippen LogP contribution in [0.25, 0.3) is 11.1 Å². The Hall–Kier alpha value is -3.56. The number of hydrogen-bond acceptors (Lipinski definition) is 4. The van der Waals surface area contributed by atoms with Crippen LogP contribution in [0.4, 0.5) is 18.0 Å². The van der Waals surface area contributed by atoms with Crippen molar-refractivity contribution in [1.82, 2.24) is 10.6 Å². The lowest BCUT2D eigenvalue weighted by molar-refractivity contribution is -0.139. The molecule has 1 unspecified atom stereocenters. The van der Waals surface area contributed by atoms with E-state index in [1.54, 1.807) is 20.8 Å². The van der Waals surface area contributed by atoms with Gasteiger partial charge in [0.15, 0.2) is 0 Å². The smallest absolute Gasteiger partial charge is 0.416 e. The quantitative estimate of drug-likeness (QED) is 0.613. The number of aliphatic carboxylic acids is 1. The van der Waals surface area contributed by atoms with Crippen LogP contribution in [-0.2, 0) is 15.7 Å². The van der Waals surface area contributed by atoms with Crippen molar-refractivity contribution < 1.29 is 37.4 Å². The third kappa shape index (κ3) is 7.29. The third-order valence-corrected chi connectivity index (χ3v) is 4.15. The van der Waals surface area contributed by atoms with E-state index < -0.39 is 41.4 Å². The minimum Gasteiger partial charge on any atom is -0.480 e.